The molecule has 5 nitrogen and oxygen atoms in total. The first-order valence-corrected chi connectivity index (χ1v) is 6.48. The third-order valence-electron chi connectivity index (χ3n) is 3.02. The van der Waals surface area contributed by atoms with E-state index in [1.165, 1.54) is 18.2 Å². The average Bonchev–Trinajstić information content (AvgIpc) is 2.44. The Hall–Kier alpha value is -2.27. The van der Waals surface area contributed by atoms with Crippen molar-refractivity contribution in [1.29, 1.82) is 0 Å². The SMILES string of the molecule is Cc1ccc(C)c(Nc2ncnc3c(Cl)ncnc23)c1. The number of rotatable bonds is 2. The molecule has 0 saturated heterocycles. The van der Waals surface area contributed by atoms with Gasteiger partial charge >= 0.3 is 0 Å². The molecular weight excluding hydrogens is 274 g/mol. The van der Waals surface area contributed by atoms with Gasteiger partial charge in [-0.05, 0) is 31.0 Å². The molecule has 0 amide bonds. The second kappa shape index (κ2) is 5.02. The van der Waals surface area contributed by atoms with Gasteiger partial charge in [-0.3, -0.25) is 0 Å². The van der Waals surface area contributed by atoms with Crippen LogP contribution in [0.5, 0.6) is 0 Å². The highest BCUT2D eigenvalue weighted by molar-refractivity contribution is 6.33. The van der Waals surface area contributed by atoms with E-state index in [1.54, 1.807) is 0 Å². The maximum Gasteiger partial charge on any atom is 0.160 e. The number of aromatic nitrogens is 4. The van der Waals surface area contributed by atoms with Crippen LogP contribution in [0.15, 0.2) is 30.9 Å². The Morgan fingerprint density at radius 1 is 0.950 bits per heavy atom. The van der Waals surface area contributed by atoms with E-state index in [0.29, 0.717) is 22.0 Å². The Morgan fingerprint density at radius 2 is 1.70 bits per heavy atom. The fraction of sp³-hybridized carbons (Fsp3) is 0.143. The van der Waals surface area contributed by atoms with Crippen molar-refractivity contribution in [3.05, 3.63) is 47.1 Å². The van der Waals surface area contributed by atoms with Gasteiger partial charge in [-0.2, -0.15) is 0 Å². The van der Waals surface area contributed by atoms with Gasteiger partial charge in [0.15, 0.2) is 11.0 Å². The molecule has 0 spiro atoms. The Bertz CT molecular complexity index is 788. The van der Waals surface area contributed by atoms with Gasteiger partial charge in [-0.1, -0.05) is 23.7 Å². The fourth-order valence-electron chi connectivity index (χ4n) is 1.94. The topological polar surface area (TPSA) is 63.6 Å². The summed E-state index contributed by atoms with van der Waals surface area (Å²) in [6, 6.07) is 6.19. The normalized spacial score (nSPS) is 10.8. The Kier molecular flexibility index (Phi) is 3.20. The summed E-state index contributed by atoms with van der Waals surface area (Å²) in [7, 11) is 0. The molecule has 0 radical (unpaired) electrons. The zero-order valence-corrected chi connectivity index (χ0v) is 11.8. The lowest BCUT2D eigenvalue weighted by Gasteiger charge is -2.11. The lowest BCUT2D eigenvalue weighted by molar-refractivity contribution is 1.14. The van der Waals surface area contributed by atoms with E-state index in [9.17, 15) is 0 Å². The van der Waals surface area contributed by atoms with Crippen LogP contribution < -0.4 is 5.32 Å². The largest absolute Gasteiger partial charge is 0.338 e. The number of halogens is 1. The van der Waals surface area contributed by atoms with Crippen LogP contribution in [0.2, 0.25) is 5.15 Å². The van der Waals surface area contributed by atoms with Gasteiger partial charge in [-0.25, -0.2) is 19.9 Å². The second-order valence-corrected chi connectivity index (χ2v) is 4.89. The van der Waals surface area contributed by atoms with Crippen LogP contribution in [0.25, 0.3) is 11.0 Å². The first-order chi connectivity index (χ1) is 9.65. The van der Waals surface area contributed by atoms with Gasteiger partial charge in [0.05, 0.1) is 0 Å². The number of hydrogen-bond donors (Lipinski definition) is 1. The van der Waals surface area contributed by atoms with Crippen molar-refractivity contribution < 1.29 is 0 Å². The van der Waals surface area contributed by atoms with E-state index in [2.05, 4.69) is 43.5 Å². The van der Waals surface area contributed by atoms with Gasteiger partial charge in [-0.15, -0.1) is 0 Å². The van der Waals surface area contributed by atoms with Crippen LogP contribution in [0.3, 0.4) is 0 Å². The summed E-state index contributed by atoms with van der Waals surface area (Å²) in [6.45, 7) is 4.08. The van der Waals surface area contributed by atoms with Crippen molar-refractivity contribution in [2.24, 2.45) is 0 Å². The van der Waals surface area contributed by atoms with Crippen LogP contribution >= 0.6 is 11.6 Å². The van der Waals surface area contributed by atoms with Crippen molar-refractivity contribution in [3.8, 4) is 0 Å². The third kappa shape index (κ3) is 2.28. The van der Waals surface area contributed by atoms with Crippen LogP contribution in [0.1, 0.15) is 11.1 Å². The number of benzene rings is 1. The summed E-state index contributed by atoms with van der Waals surface area (Å²) in [6.07, 6.45) is 2.85. The summed E-state index contributed by atoms with van der Waals surface area (Å²) < 4.78 is 0. The van der Waals surface area contributed by atoms with Gasteiger partial charge in [0.2, 0.25) is 0 Å². The minimum atomic E-state index is 0.321. The maximum absolute atomic E-state index is 6.02. The molecule has 0 fully saturated rings. The van der Waals surface area contributed by atoms with Crippen LogP contribution in [0, 0.1) is 13.8 Å². The molecule has 0 aliphatic carbocycles. The molecule has 20 heavy (non-hydrogen) atoms. The molecule has 1 N–H and O–H groups in total. The molecule has 2 aromatic heterocycles. The lowest BCUT2D eigenvalue weighted by Crippen LogP contribution is -2.00. The molecule has 2 heterocycles. The number of aryl methyl sites for hydroxylation is 2. The molecule has 0 atom stereocenters. The van der Waals surface area contributed by atoms with Gasteiger partial charge in [0, 0.05) is 5.69 Å². The third-order valence-corrected chi connectivity index (χ3v) is 3.30. The van der Waals surface area contributed by atoms with Crippen LogP contribution in [0.4, 0.5) is 11.5 Å². The smallest absolute Gasteiger partial charge is 0.160 e. The van der Waals surface area contributed by atoms with E-state index in [4.69, 9.17) is 11.6 Å². The predicted octanol–water partition coefficient (Wildman–Crippen LogP) is 3.43. The Labute approximate surface area is 121 Å². The second-order valence-electron chi connectivity index (χ2n) is 4.53. The Morgan fingerprint density at radius 3 is 2.55 bits per heavy atom. The molecule has 6 heteroatoms. The minimum Gasteiger partial charge on any atom is -0.338 e. The molecule has 0 aliphatic rings. The van der Waals surface area contributed by atoms with Crippen molar-refractivity contribution in [3.63, 3.8) is 0 Å². The van der Waals surface area contributed by atoms with Crippen molar-refractivity contribution >= 4 is 34.1 Å². The van der Waals surface area contributed by atoms with Crippen LogP contribution in [-0.4, -0.2) is 19.9 Å². The molecule has 100 valence electrons. The van der Waals surface area contributed by atoms with Crippen molar-refractivity contribution in [2.75, 3.05) is 5.32 Å². The quantitative estimate of drug-likeness (QED) is 0.731. The Balaban J connectivity index is 2.11. The molecule has 3 aromatic rings. The highest BCUT2D eigenvalue weighted by atomic mass is 35.5. The average molecular weight is 286 g/mol. The number of fused-ring (bicyclic) bond motifs is 1. The summed E-state index contributed by atoms with van der Waals surface area (Å²) in [4.78, 5) is 16.5. The fourth-order valence-corrected chi connectivity index (χ4v) is 2.12. The first kappa shape index (κ1) is 12.7. The molecular formula is C14H12ClN5. The molecule has 1 aromatic carbocycles. The van der Waals surface area contributed by atoms with E-state index < -0.39 is 0 Å². The number of anilines is 2. The zero-order chi connectivity index (χ0) is 14.1. The van der Waals surface area contributed by atoms with Gasteiger partial charge in [0.25, 0.3) is 0 Å². The molecule has 0 unspecified atom stereocenters. The van der Waals surface area contributed by atoms with E-state index in [0.717, 1.165) is 11.3 Å². The summed E-state index contributed by atoms with van der Waals surface area (Å²) in [5.74, 6) is 0.619. The van der Waals surface area contributed by atoms with E-state index in [-0.39, 0.29) is 0 Å². The zero-order valence-electron chi connectivity index (χ0n) is 11.1. The van der Waals surface area contributed by atoms with Crippen LogP contribution in [-0.2, 0) is 0 Å². The molecule has 0 saturated carbocycles. The van der Waals surface area contributed by atoms with Crippen molar-refractivity contribution in [2.45, 2.75) is 13.8 Å². The number of hydrogen-bond acceptors (Lipinski definition) is 5. The van der Waals surface area contributed by atoms with Gasteiger partial charge < -0.3 is 5.32 Å². The number of nitrogens with zero attached hydrogens (tertiary/aromatic N) is 4. The van der Waals surface area contributed by atoms with E-state index in [1.807, 2.05) is 13.8 Å². The summed E-state index contributed by atoms with van der Waals surface area (Å²) in [5, 5.41) is 3.60. The standard InChI is InChI=1S/C14H12ClN5/c1-8-3-4-9(2)10(5-8)20-14-12-11(16-7-19-14)13(15)18-6-17-12/h3-7H,1-2H3,(H,16,19,20). The van der Waals surface area contributed by atoms with E-state index >= 15 is 0 Å². The van der Waals surface area contributed by atoms with Gasteiger partial charge in [0.1, 0.15) is 23.7 Å². The predicted molar refractivity (Wildman–Crippen MR) is 79.3 cm³/mol. The molecule has 0 bridgehead atoms. The lowest BCUT2D eigenvalue weighted by atomic mass is 10.1. The maximum atomic E-state index is 6.02. The molecule has 0 aliphatic heterocycles. The summed E-state index contributed by atoms with van der Waals surface area (Å²) in [5.41, 5.74) is 4.43. The number of nitrogens with one attached hydrogen (secondary N) is 1. The van der Waals surface area contributed by atoms with Crippen molar-refractivity contribution in [1.82, 2.24) is 19.9 Å². The minimum absolute atomic E-state index is 0.321. The first-order valence-electron chi connectivity index (χ1n) is 6.10. The highest BCUT2D eigenvalue weighted by Crippen LogP contribution is 2.26. The monoisotopic (exact) mass is 285 g/mol. The summed E-state index contributed by atoms with van der Waals surface area (Å²) >= 11 is 6.02. The highest BCUT2D eigenvalue weighted by Gasteiger charge is 2.10. The molecule has 3 rings (SSSR count).